The summed E-state index contributed by atoms with van der Waals surface area (Å²) in [6.45, 7) is 4.66. The second-order valence-electron chi connectivity index (χ2n) is 5.24. The Labute approximate surface area is 127 Å². The molecule has 1 atom stereocenters. The molecule has 1 rings (SSSR count). The van der Waals surface area contributed by atoms with E-state index in [4.69, 9.17) is 5.73 Å². The predicted molar refractivity (Wildman–Crippen MR) is 82.8 cm³/mol. The van der Waals surface area contributed by atoms with E-state index >= 15 is 0 Å². The van der Waals surface area contributed by atoms with E-state index in [-0.39, 0.29) is 17.4 Å². The van der Waals surface area contributed by atoms with Crippen molar-refractivity contribution in [2.75, 3.05) is 6.54 Å². The molecule has 3 N–H and O–H groups in total. The molecule has 0 aliphatic carbocycles. The molecule has 0 amide bonds. The van der Waals surface area contributed by atoms with Crippen LogP contribution in [0.2, 0.25) is 0 Å². The van der Waals surface area contributed by atoms with Crippen molar-refractivity contribution in [3.05, 3.63) is 29.6 Å². The predicted octanol–water partition coefficient (Wildman–Crippen LogP) is 2.78. The van der Waals surface area contributed by atoms with Crippen LogP contribution in [-0.2, 0) is 16.6 Å². The number of nitrogens with two attached hydrogens (primary N) is 1. The van der Waals surface area contributed by atoms with Crippen LogP contribution >= 0.6 is 0 Å². The van der Waals surface area contributed by atoms with Crippen LogP contribution in [0.4, 0.5) is 4.39 Å². The fourth-order valence-electron chi connectivity index (χ4n) is 2.14. The van der Waals surface area contributed by atoms with Crippen LogP contribution in [-0.4, -0.2) is 15.0 Å². The van der Waals surface area contributed by atoms with Gasteiger partial charge in [-0.25, -0.2) is 17.5 Å². The summed E-state index contributed by atoms with van der Waals surface area (Å²) in [4.78, 5) is -0.315. The van der Waals surface area contributed by atoms with E-state index in [1.165, 1.54) is 18.2 Å². The standard InChI is InChI=1S/C15H25FN2O2S/c1-3-5-6-12(4-2)11-18-21(19,20)15-8-7-13(10-17)9-14(15)16/h7-9,12,18H,3-6,10-11,17H2,1-2H3. The van der Waals surface area contributed by atoms with E-state index in [2.05, 4.69) is 11.6 Å². The average molecular weight is 316 g/mol. The maximum Gasteiger partial charge on any atom is 0.243 e. The Morgan fingerprint density at radius 2 is 2.05 bits per heavy atom. The summed E-state index contributed by atoms with van der Waals surface area (Å²) >= 11 is 0. The summed E-state index contributed by atoms with van der Waals surface area (Å²) in [6, 6.07) is 3.97. The van der Waals surface area contributed by atoms with E-state index in [9.17, 15) is 12.8 Å². The summed E-state index contributed by atoms with van der Waals surface area (Å²) in [7, 11) is -3.81. The van der Waals surface area contributed by atoms with Gasteiger partial charge in [0.1, 0.15) is 10.7 Å². The van der Waals surface area contributed by atoms with Gasteiger partial charge in [-0.05, 0) is 30.0 Å². The Hall–Kier alpha value is -0.980. The minimum Gasteiger partial charge on any atom is -0.326 e. The minimum atomic E-state index is -3.81. The molecule has 4 nitrogen and oxygen atoms in total. The lowest BCUT2D eigenvalue weighted by Gasteiger charge is -2.15. The van der Waals surface area contributed by atoms with Gasteiger partial charge in [0.15, 0.2) is 0 Å². The van der Waals surface area contributed by atoms with Crippen molar-refractivity contribution in [1.82, 2.24) is 4.72 Å². The number of nitrogens with one attached hydrogen (secondary N) is 1. The highest BCUT2D eigenvalue weighted by Gasteiger charge is 2.20. The maximum atomic E-state index is 13.9. The molecule has 1 aromatic carbocycles. The number of halogens is 1. The second kappa shape index (κ2) is 8.46. The average Bonchev–Trinajstić information content (AvgIpc) is 2.47. The molecule has 6 heteroatoms. The van der Waals surface area contributed by atoms with Gasteiger partial charge in [-0.3, -0.25) is 0 Å². The molecule has 0 saturated carbocycles. The smallest absolute Gasteiger partial charge is 0.243 e. The molecule has 0 saturated heterocycles. The summed E-state index contributed by atoms with van der Waals surface area (Å²) in [6.07, 6.45) is 4.03. The van der Waals surface area contributed by atoms with E-state index < -0.39 is 15.8 Å². The van der Waals surface area contributed by atoms with Crippen molar-refractivity contribution in [3.8, 4) is 0 Å². The van der Waals surface area contributed by atoms with Gasteiger partial charge in [-0.1, -0.05) is 39.2 Å². The molecule has 1 unspecified atom stereocenters. The van der Waals surface area contributed by atoms with Gasteiger partial charge < -0.3 is 5.73 Å². The largest absolute Gasteiger partial charge is 0.326 e. The number of hydrogen-bond acceptors (Lipinski definition) is 3. The maximum absolute atomic E-state index is 13.9. The lowest BCUT2D eigenvalue weighted by molar-refractivity contribution is 0.443. The Morgan fingerprint density at radius 1 is 1.33 bits per heavy atom. The Kier molecular flexibility index (Phi) is 7.28. The van der Waals surface area contributed by atoms with Crippen LogP contribution in [0.15, 0.2) is 23.1 Å². The zero-order valence-electron chi connectivity index (χ0n) is 12.7. The summed E-state index contributed by atoms with van der Waals surface area (Å²) in [5.74, 6) is -0.474. The molecule has 0 aromatic heterocycles. The lowest BCUT2D eigenvalue weighted by atomic mass is 10.00. The first kappa shape index (κ1) is 18.1. The zero-order valence-corrected chi connectivity index (χ0v) is 13.5. The highest BCUT2D eigenvalue weighted by molar-refractivity contribution is 7.89. The SMILES string of the molecule is CCCCC(CC)CNS(=O)(=O)c1ccc(CN)cc1F. The number of hydrogen-bond donors (Lipinski definition) is 2. The van der Waals surface area contributed by atoms with E-state index in [1.807, 2.05) is 6.92 Å². The first-order valence-electron chi connectivity index (χ1n) is 7.42. The quantitative estimate of drug-likeness (QED) is 0.736. The van der Waals surface area contributed by atoms with Crippen molar-refractivity contribution >= 4 is 10.0 Å². The molecule has 0 bridgehead atoms. The third kappa shape index (κ3) is 5.37. The van der Waals surface area contributed by atoms with Crippen molar-refractivity contribution in [2.45, 2.75) is 51.0 Å². The van der Waals surface area contributed by atoms with Gasteiger partial charge in [-0.2, -0.15) is 0 Å². The molecule has 0 radical (unpaired) electrons. The Balaban J connectivity index is 2.77. The van der Waals surface area contributed by atoms with Gasteiger partial charge in [0.05, 0.1) is 0 Å². The van der Waals surface area contributed by atoms with Crippen LogP contribution in [0.3, 0.4) is 0 Å². The summed E-state index contributed by atoms with van der Waals surface area (Å²) in [5.41, 5.74) is 5.98. The van der Waals surface area contributed by atoms with Crippen molar-refractivity contribution in [3.63, 3.8) is 0 Å². The minimum absolute atomic E-state index is 0.180. The number of sulfonamides is 1. The van der Waals surface area contributed by atoms with Gasteiger partial charge >= 0.3 is 0 Å². The third-order valence-corrected chi connectivity index (χ3v) is 5.08. The molecule has 0 fully saturated rings. The van der Waals surface area contributed by atoms with Gasteiger partial charge in [0, 0.05) is 13.1 Å². The van der Waals surface area contributed by atoms with Crippen LogP contribution in [0.25, 0.3) is 0 Å². The highest BCUT2D eigenvalue weighted by Crippen LogP contribution is 2.17. The first-order chi connectivity index (χ1) is 9.94. The number of benzene rings is 1. The normalized spacial score (nSPS) is 13.3. The van der Waals surface area contributed by atoms with Gasteiger partial charge in [0.2, 0.25) is 10.0 Å². The van der Waals surface area contributed by atoms with E-state index in [0.29, 0.717) is 12.1 Å². The van der Waals surface area contributed by atoms with Crippen LogP contribution in [0, 0.1) is 11.7 Å². The molecule has 0 aliphatic rings. The van der Waals surface area contributed by atoms with Gasteiger partial charge in [0.25, 0.3) is 0 Å². The van der Waals surface area contributed by atoms with Crippen molar-refractivity contribution < 1.29 is 12.8 Å². The molecule has 21 heavy (non-hydrogen) atoms. The Morgan fingerprint density at radius 3 is 2.57 bits per heavy atom. The molecule has 0 aliphatic heterocycles. The molecule has 120 valence electrons. The number of unbranched alkanes of at least 4 members (excludes halogenated alkanes) is 1. The zero-order chi connectivity index (χ0) is 15.9. The highest BCUT2D eigenvalue weighted by atomic mass is 32.2. The first-order valence-corrected chi connectivity index (χ1v) is 8.91. The van der Waals surface area contributed by atoms with E-state index in [1.54, 1.807) is 0 Å². The van der Waals surface area contributed by atoms with Crippen LogP contribution < -0.4 is 10.5 Å². The van der Waals surface area contributed by atoms with Crippen molar-refractivity contribution in [1.29, 1.82) is 0 Å². The van der Waals surface area contributed by atoms with Crippen molar-refractivity contribution in [2.24, 2.45) is 11.7 Å². The van der Waals surface area contributed by atoms with Crippen LogP contribution in [0.5, 0.6) is 0 Å². The van der Waals surface area contributed by atoms with Crippen LogP contribution in [0.1, 0.15) is 45.1 Å². The summed E-state index contributed by atoms with van der Waals surface area (Å²) in [5, 5.41) is 0. The second-order valence-corrected chi connectivity index (χ2v) is 6.97. The lowest BCUT2D eigenvalue weighted by Crippen LogP contribution is -2.30. The third-order valence-electron chi connectivity index (χ3n) is 3.63. The number of rotatable bonds is 9. The van der Waals surface area contributed by atoms with E-state index in [0.717, 1.165) is 25.7 Å². The topological polar surface area (TPSA) is 72.2 Å². The molecular weight excluding hydrogens is 291 g/mol. The summed E-state index contributed by atoms with van der Waals surface area (Å²) < 4.78 is 40.7. The Bertz CT molecular complexity index is 547. The molecule has 1 aromatic rings. The fraction of sp³-hybridized carbons (Fsp3) is 0.600. The monoisotopic (exact) mass is 316 g/mol. The molecule has 0 heterocycles. The fourth-order valence-corrected chi connectivity index (χ4v) is 3.31. The van der Waals surface area contributed by atoms with Gasteiger partial charge in [-0.15, -0.1) is 0 Å². The molecular formula is C15H25FN2O2S. The molecule has 0 spiro atoms.